The molecule has 1 aromatic carbocycles. The van der Waals surface area contributed by atoms with E-state index in [1.54, 1.807) is 17.2 Å². The first-order chi connectivity index (χ1) is 12.7. The molecule has 0 radical (unpaired) electrons. The SMILES string of the molecule is CCNC(=NCc1cccc(Cn2ccnc2)c1)NCc1ncnn1C. The number of nitrogens with one attached hydrogen (secondary N) is 2. The van der Waals surface area contributed by atoms with E-state index in [1.807, 2.05) is 26.5 Å². The zero-order valence-electron chi connectivity index (χ0n) is 15.1. The molecular formula is C18H24N8. The first-order valence-electron chi connectivity index (χ1n) is 8.63. The lowest BCUT2D eigenvalue weighted by molar-refractivity contribution is 0.673. The molecule has 8 nitrogen and oxygen atoms in total. The average Bonchev–Trinajstić information content (AvgIpc) is 3.29. The van der Waals surface area contributed by atoms with Crippen LogP contribution in [0.15, 0.2) is 54.3 Å². The Morgan fingerprint density at radius 1 is 1.23 bits per heavy atom. The summed E-state index contributed by atoms with van der Waals surface area (Å²) >= 11 is 0. The van der Waals surface area contributed by atoms with Crippen LogP contribution in [0.4, 0.5) is 0 Å². The average molecular weight is 352 g/mol. The van der Waals surface area contributed by atoms with Crippen molar-refractivity contribution in [1.82, 2.24) is 34.9 Å². The number of guanidine groups is 1. The summed E-state index contributed by atoms with van der Waals surface area (Å²) in [5.41, 5.74) is 2.39. The van der Waals surface area contributed by atoms with Crippen molar-refractivity contribution in [2.75, 3.05) is 6.54 Å². The van der Waals surface area contributed by atoms with Crippen LogP contribution >= 0.6 is 0 Å². The highest BCUT2D eigenvalue weighted by atomic mass is 15.3. The van der Waals surface area contributed by atoms with Crippen molar-refractivity contribution in [1.29, 1.82) is 0 Å². The van der Waals surface area contributed by atoms with E-state index in [1.165, 1.54) is 11.1 Å². The summed E-state index contributed by atoms with van der Waals surface area (Å²) in [4.78, 5) is 13.0. The number of hydrogen-bond donors (Lipinski definition) is 2. The van der Waals surface area contributed by atoms with Gasteiger partial charge in [-0.15, -0.1) is 0 Å². The molecule has 0 amide bonds. The molecule has 0 saturated carbocycles. The fourth-order valence-corrected chi connectivity index (χ4v) is 2.57. The number of benzene rings is 1. The molecule has 0 aliphatic rings. The molecule has 0 fully saturated rings. The Kier molecular flexibility index (Phi) is 5.97. The maximum Gasteiger partial charge on any atom is 0.191 e. The molecule has 3 rings (SSSR count). The topological polar surface area (TPSA) is 84.9 Å². The van der Waals surface area contributed by atoms with E-state index in [0.29, 0.717) is 13.1 Å². The predicted octanol–water partition coefficient (Wildman–Crippen LogP) is 1.32. The van der Waals surface area contributed by atoms with Crippen LogP contribution in [0.5, 0.6) is 0 Å². The molecule has 2 N–H and O–H groups in total. The zero-order valence-corrected chi connectivity index (χ0v) is 15.1. The van der Waals surface area contributed by atoms with Crippen LogP contribution in [-0.4, -0.2) is 36.8 Å². The molecule has 2 aromatic heterocycles. The summed E-state index contributed by atoms with van der Waals surface area (Å²) < 4.78 is 3.80. The minimum absolute atomic E-state index is 0.572. The predicted molar refractivity (Wildman–Crippen MR) is 100 cm³/mol. The van der Waals surface area contributed by atoms with E-state index in [2.05, 4.69) is 59.5 Å². The van der Waals surface area contributed by atoms with Gasteiger partial charge in [0.1, 0.15) is 12.2 Å². The van der Waals surface area contributed by atoms with Crippen LogP contribution in [-0.2, 0) is 26.7 Å². The van der Waals surface area contributed by atoms with Crippen LogP contribution in [0.1, 0.15) is 23.9 Å². The van der Waals surface area contributed by atoms with Gasteiger partial charge in [0.25, 0.3) is 0 Å². The van der Waals surface area contributed by atoms with Gasteiger partial charge in [0.2, 0.25) is 0 Å². The molecule has 2 heterocycles. The first-order valence-corrected chi connectivity index (χ1v) is 8.63. The summed E-state index contributed by atoms with van der Waals surface area (Å²) in [6.45, 7) is 4.83. The fourth-order valence-electron chi connectivity index (χ4n) is 2.57. The van der Waals surface area contributed by atoms with E-state index in [-0.39, 0.29) is 0 Å². The monoisotopic (exact) mass is 352 g/mol. The number of nitrogens with zero attached hydrogens (tertiary/aromatic N) is 6. The lowest BCUT2D eigenvalue weighted by atomic mass is 10.1. The summed E-state index contributed by atoms with van der Waals surface area (Å²) in [5, 5.41) is 10.6. The standard InChI is InChI=1S/C18H24N8/c1-3-20-18(22-11-17-23-13-24-25(17)2)21-10-15-5-4-6-16(9-15)12-26-8-7-19-14-26/h4-9,13-14H,3,10-12H2,1-2H3,(H2,20,21,22). The molecule has 26 heavy (non-hydrogen) atoms. The number of imidazole rings is 1. The van der Waals surface area contributed by atoms with Crippen LogP contribution < -0.4 is 10.6 Å². The van der Waals surface area contributed by atoms with Gasteiger partial charge in [-0.3, -0.25) is 4.68 Å². The highest BCUT2D eigenvalue weighted by Gasteiger charge is 2.03. The van der Waals surface area contributed by atoms with Crippen molar-refractivity contribution in [3.8, 4) is 0 Å². The lowest BCUT2D eigenvalue weighted by Crippen LogP contribution is -2.37. The third-order valence-electron chi connectivity index (χ3n) is 3.90. The van der Waals surface area contributed by atoms with E-state index < -0.39 is 0 Å². The van der Waals surface area contributed by atoms with Crippen LogP contribution in [0.2, 0.25) is 0 Å². The summed E-state index contributed by atoms with van der Waals surface area (Å²) in [6, 6.07) is 8.45. The van der Waals surface area contributed by atoms with Crippen LogP contribution in [0.25, 0.3) is 0 Å². The lowest BCUT2D eigenvalue weighted by Gasteiger charge is -2.11. The Hall–Kier alpha value is -3.16. The summed E-state index contributed by atoms with van der Waals surface area (Å²) in [5.74, 6) is 1.62. The van der Waals surface area contributed by atoms with E-state index in [0.717, 1.165) is 24.9 Å². The van der Waals surface area contributed by atoms with Crippen LogP contribution in [0.3, 0.4) is 0 Å². The molecule has 0 spiro atoms. The highest BCUT2D eigenvalue weighted by Crippen LogP contribution is 2.08. The Labute approximate surface area is 153 Å². The molecular weight excluding hydrogens is 328 g/mol. The Balaban J connectivity index is 1.62. The third-order valence-corrected chi connectivity index (χ3v) is 3.90. The maximum atomic E-state index is 4.67. The van der Waals surface area contributed by atoms with Crippen molar-refractivity contribution in [3.63, 3.8) is 0 Å². The number of hydrogen-bond acceptors (Lipinski definition) is 4. The summed E-state index contributed by atoms with van der Waals surface area (Å²) in [7, 11) is 1.87. The van der Waals surface area contributed by atoms with Crippen molar-refractivity contribution >= 4 is 5.96 Å². The van der Waals surface area contributed by atoms with E-state index >= 15 is 0 Å². The van der Waals surface area contributed by atoms with Gasteiger partial charge < -0.3 is 15.2 Å². The second-order valence-electron chi connectivity index (χ2n) is 5.90. The van der Waals surface area contributed by atoms with Gasteiger partial charge in [0.05, 0.1) is 19.4 Å². The van der Waals surface area contributed by atoms with Crippen molar-refractivity contribution in [3.05, 3.63) is 66.3 Å². The molecule has 0 saturated heterocycles. The molecule has 0 aliphatic carbocycles. The number of aryl methyl sites for hydroxylation is 1. The van der Waals surface area contributed by atoms with Gasteiger partial charge in [-0.1, -0.05) is 24.3 Å². The van der Waals surface area contributed by atoms with Gasteiger partial charge in [-0.2, -0.15) is 5.10 Å². The van der Waals surface area contributed by atoms with Gasteiger partial charge in [0, 0.05) is 32.5 Å². The molecule has 0 unspecified atom stereocenters. The molecule has 3 aromatic rings. The molecule has 8 heteroatoms. The molecule has 136 valence electrons. The van der Waals surface area contributed by atoms with Gasteiger partial charge in [0.15, 0.2) is 5.96 Å². The molecule has 0 aliphatic heterocycles. The van der Waals surface area contributed by atoms with E-state index in [9.17, 15) is 0 Å². The number of rotatable bonds is 7. The Morgan fingerprint density at radius 2 is 2.12 bits per heavy atom. The molecule has 0 bridgehead atoms. The zero-order chi connectivity index (χ0) is 18.2. The van der Waals surface area contributed by atoms with Crippen molar-refractivity contribution in [2.45, 2.75) is 26.6 Å². The fraction of sp³-hybridized carbons (Fsp3) is 0.333. The van der Waals surface area contributed by atoms with Crippen molar-refractivity contribution in [2.24, 2.45) is 12.0 Å². The Morgan fingerprint density at radius 3 is 2.85 bits per heavy atom. The third kappa shape index (κ3) is 4.92. The highest BCUT2D eigenvalue weighted by molar-refractivity contribution is 5.79. The maximum absolute atomic E-state index is 4.67. The second-order valence-corrected chi connectivity index (χ2v) is 5.90. The van der Waals surface area contributed by atoms with Gasteiger partial charge >= 0.3 is 0 Å². The van der Waals surface area contributed by atoms with E-state index in [4.69, 9.17) is 0 Å². The quantitative estimate of drug-likeness (QED) is 0.495. The van der Waals surface area contributed by atoms with Gasteiger partial charge in [-0.25, -0.2) is 15.0 Å². The first kappa shape index (κ1) is 17.7. The minimum atomic E-state index is 0.572. The van der Waals surface area contributed by atoms with Crippen molar-refractivity contribution < 1.29 is 0 Å². The largest absolute Gasteiger partial charge is 0.357 e. The second kappa shape index (κ2) is 8.80. The van der Waals surface area contributed by atoms with Crippen LogP contribution in [0, 0.1) is 0 Å². The minimum Gasteiger partial charge on any atom is -0.357 e. The molecule has 0 atom stereocenters. The number of aliphatic imine (C=N–C) groups is 1. The summed E-state index contributed by atoms with van der Waals surface area (Å²) in [6.07, 6.45) is 7.13. The van der Waals surface area contributed by atoms with Gasteiger partial charge in [-0.05, 0) is 18.1 Å². The Bertz CT molecular complexity index is 835. The smallest absolute Gasteiger partial charge is 0.191 e. The normalized spacial score (nSPS) is 11.5. The number of aromatic nitrogens is 5.